The first kappa shape index (κ1) is 20.5. The van der Waals surface area contributed by atoms with Crippen LogP contribution in [-0.2, 0) is 9.53 Å². The Hall–Kier alpha value is -2.82. The van der Waals surface area contributed by atoms with Gasteiger partial charge >= 0.3 is 5.97 Å². The highest BCUT2D eigenvalue weighted by molar-refractivity contribution is 5.95. The van der Waals surface area contributed by atoms with Crippen LogP contribution in [0.5, 0.6) is 5.75 Å². The fourth-order valence-electron chi connectivity index (χ4n) is 2.48. The van der Waals surface area contributed by atoms with Crippen LogP contribution in [0, 0.1) is 0 Å². The highest BCUT2D eigenvalue weighted by Gasteiger charge is 2.11. The lowest BCUT2D eigenvalue weighted by molar-refractivity contribution is -0.119. The molecule has 0 heterocycles. The van der Waals surface area contributed by atoms with E-state index in [2.05, 4.69) is 19.2 Å². The quantitative estimate of drug-likeness (QED) is 0.680. The standard InChI is InChI=1S/C22H27NO4/c1-5-16(4)17-6-10-19(11-7-17)23-21(24)14-26-22(25)18-8-12-20(13-9-18)27-15(2)3/h6-13,15-16H,5,14H2,1-4H3,(H,23,24)/t16-/m1/s1. The zero-order chi connectivity index (χ0) is 19.8. The van der Waals surface area contributed by atoms with Crippen molar-refractivity contribution < 1.29 is 19.1 Å². The maximum Gasteiger partial charge on any atom is 0.338 e. The lowest BCUT2D eigenvalue weighted by Gasteiger charge is -2.11. The molecule has 0 bridgehead atoms. The smallest absolute Gasteiger partial charge is 0.338 e. The topological polar surface area (TPSA) is 64.6 Å². The van der Waals surface area contributed by atoms with Gasteiger partial charge in [0.05, 0.1) is 11.7 Å². The Labute approximate surface area is 160 Å². The van der Waals surface area contributed by atoms with Crippen molar-refractivity contribution in [3.8, 4) is 5.75 Å². The van der Waals surface area contributed by atoms with Gasteiger partial charge in [0.25, 0.3) is 5.91 Å². The molecule has 0 aliphatic heterocycles. The minimum atomic E-state index is -0.548. The van der Waals surface area contributed by atoms with Crippen LogP contribution in [0.15, 0.2) is 48.5 Å². The minimum absolute atomic E-state index is 0.0609. The number of carbonyl (C=O) groups is 2. The molecule has 0 saturated heterocycles. The summed E-state index contributed by atoms with van der Waals surface area (Å²) in [6, 6.07) is 14.3. The van der Waals surface area contributed by atoms with Crippen LogP contribution in [-0.4, -0.2) is 24.6 Å². The van der Waals surface area contributed by atoms with Gasteiger partial charge in [0.2, 0.25) is 0 Å². The predicted octanol–water partition coefficient (Wildman–Crippen LogP) is 4.78. The van der Waals surface area contributed by atoms with E-state index < -0.39 is 5.97 Å². The van der Waals surface area contributed by atoms with E-state index in [1.807, 2.05) is 38.1 Å². The van der Waals surface area contributed by atoms with E-state index in [4.69, 9.17) is 9.47 Å². The van der Waals surface area contributed by atoms with Gasteiger partial charge in [-0.1, -0.05) is 26.0 Å². The Bertz CT molecular complexity index is 751. The number of esters is 1. The molecule has 0 radical (unpaired) electrons. The van der Waals surface area contributed by atoms with Crippen molar-refractivity contribution in [1.82, 2.24) is 0 Å². The maximum absolute atomic E-state index is 12.0. The first-order valence-corrected chi connectivity index (χ1v) is 9.22. The van der Waals surface area contributed by atoms with Crippen LogP contribution in [0.3, 0.4) is 0 Å². The van der Waals surface area contributed by atoms with Crippen molar-refractivity contribution in [3.05, 3.63) is 59.7 Å². The van der Waals surface area contributed by atoms with Crippen LogP contribution < -0.4 is 10.1 Å². The van der Waals surface area contributed by atoms with E-state index in [0.717, 1.165) is 6.42 Å². The number of hydrogen-bond donors (Lipinski definition) is 1. The van der Waals surface area contributed by atoms with E-state index in [1.54, 1.807) is 24.3 Å². The van der Waals surface area contributed by atoms with E-state index in [1.165, 1.54) is 5.56 Å². The lowest BCUT2D eigenvalue weighted by atomic mass is 9.99. The summed E-state index contributed by atoms with van der Waals surface area (Å²) in [4.78, 5) is 24.0. The molecular weight excluding hydrogens is 342 g/mol. The van der Waals surface area contributed by atoms with E-state index in [9.17, 15) is 9.59 Å². The number of benzene rings is 2. The Morgan fingerprint density at radius 3 is 2.15 bits per heavy atom. The number of rotatable bonds is 8. The zero-order valence-corrected chi connectivity index (χ0v) is 16.3. The molecule has 2 aromatic rings. The molecule has 1 amide bonds. The number of nitrogens with one attached hydrogen (secondary N) is 1. The summed E-state index contributed by atoms with van der Waals surface area (Å²) < 4.78 is 10.6. The molecular formula is C22H27NO4. The average Bonchev–Trinajstić information content (AvgIpc) is 2.66. The highest BCUT2D eigenvalue weighted by atomic mass is 16.5. The Morgan fingerprint density at radius 2 is 1.59 bits per heavy atom. The van der Waals surface area contributed by atoms with E-state index in [-0.39, 0.29) is 18.6 Å². The van der Waals surface area contributed by atoms with Crippen LogP contribution in [0.1, 0.15) is 56.0 Å². The van der Waals surface area contributed by atoms with Crippen LogP contribution in [0.2, 0.25) is 0 Å². The van der Waals surface area contributed by atoms with Crippen molar-refractivity contribution >= 4 is 17.6 Å². The van der Waals surface area contributed by atoms with Gasteiger partial charge in [-0.3, -0.25) is 4.79 Å². The number of hydrogen-bond acceptors (Lipinski definition) is 4. The zero-order valence-electron chi connectivity index (χ0n) is 16.3. The van der Waals surface area contributed by atoms with Gasteiger partial charge in [-0.05, 0) is 68.1 Å². The fourth-order valence-corrected chi connectivity index (χ4v) is 2.48. The Morgan fingerprint density at radius 1 is 0.963 bits per heavy atom. The van der Waals surface area contributed by atoms with Crippen LogP contribution in [0.4, 0.5) is 5.69 Å². The molecule has 0 spiro atoms. The van der Waals surface area contributed by atoms with Gasteiger partial charge in [-0.25, -0.2) is 4.79 Å². The van der Waals surface area contributed by atoms with Crippen LogP contribution in [0.25, 0.3) is 0 Å². The lowest BCUT2D eigenvalue weighted by Crippen LogP contribution is -2.21. The molecule has 1 N–H and O–H groups in total. The third kappa shape index (κ3) is 6.44. The third-order valence-corrected chi connectivity index (χ3v) is 4.17. The SMILES string of the molecule is CC[C@@H](C)c1ccc(NC(=O)COC(=O)c2ccc(OC(C)C)cc2)cc1. The van der Waals surface area contributed by atoms with Crippen molar-refractivity contribution in [2.24, 2.45) is 0 Å². The molecule has 5 nitrogen and oxygen atoms in total. The highest BCUT2D eigenvalue weighted by Crippen LogP contribution is 2.20. The number of carbonyl (C=O) groups excluding carboxylic acids is 2. The summed E-state index contributed by atoms with van der Waals surface area (Å²) in [5.41, 5.74) is 2.28. The molecule has 0 unspecified atom stereocenters. The molecule has 144 valence electrons. The second-order valence-electron chi connectivity index (χ2n) is 6.75. The van der Waals surface area contributed by atoms with E-state index >= 15 is 0 Å². The van der Waals surface area contributed by atoms with E-state index in [0.29, 0.717) is 22.9 Å². The van der Waals surface area contributed by atoms with Gasteiger partial charge < -0.3 is 14.8 Å². The summed E-state index contributed by atoms with van der Waals surface area (Å²) in [5.74, 6) is 0.237. The predicted molar refractivity (Wildman–Crippen MR) is 106 cm³/mol. The van der Waals surface area contributed by atoms with Crippen molar-refractivity contribution in [2.75, 3.05) is 11.9 Å². The molecule has 0 aliphatic carbocycles. The van der Waals surface area contributed by atoms with Crippen molar-refractivity contribution in [1.29, 1.82) is 0 Å². The molecule has 0 aromatic heterocycles. The second kappa shape index (κ2) is 9.76. The monoisotopic (exact) mass is 369 g/mol. The molecule has 1 atom stereocenters. The third-order valence-electron chi connectivity index (χ3n) is 4.17. The fraction of sp³-hybridized carbons (Fsp3) is 0.364. The number of anilines is 1. The largest absolute Gasteiger partial charge is 0.491 e. The number of ether oxygens (including phenoxy) is 2. The molecule has 27 heavy (non-hydrogen) atoms. The summed E-state index contributed by atoms with van der Waals surface area (Å²) in [6.07, 6.45) is 1.12. The van der Waals surface area contributed by atoms with Crippen molar-refractivity contribution in [2.45, 2.75) is 46.1 Å². The van der Waals surface area contributed by atoms with Gasteiger partial charge in [0.15, 0.2) is 6.61 Å². The molecule has 0 fully saturated rings. The normalized spacial score (nSPS) is 11.7. The molecule has 5 heteroatoms. The maximum atomic E-state index is 12.0. The summed E-state index contributed by atoms with van der Waals surface area (Å²) in [5, 5.41) is 2.73. The van der Waals surface area contributed by atoms with Gasteiger partial charge in [0, 0.05) is 5.69 Å². The van der Waals surface area contributed by atoms with Crippen molar-refractivity contribution in [3.63, 3.8) is 0 Å². The minimum Gasteiger partial charge on any atom is -0.491 e. The van der Waals surface area contributed by atoms with Gasteiger partial charge in [-0.15, -0.1) is 0 Å². The van der Waals surface area contributed by atoms with Gasteiger partial charge in [-0.2, -0.15) is 0 Å². The summed E-state index contributed by atoms with van der Waals surface area (Å²) in [7, 11) is 0. The average molecular weight is 369 g/mol. The summed E-state index contributed by atoms with van der Waals surface area (Å²) in [6.45, 7) is 7.82. The molecule has 2 rings (SSSR count). The Balaban J connectivity index is 1.83. The number of amides is 1. The van der Waals surface area contributed by atoms with Gasteiger partial charge in [0.1, 0.15) is 5.75 Å². The second-order valence-corrected chi connectivity index (χ2v) is 6.75. The molecule has 0 saturated carbocycles. The summed E-state index contributed by atoms with van der Waals surface area (Å²) >= 11 is 0. The first-order chi connectivity index (χ1) is 12.9. The van der Waals surface area contributed by atoms with Crippen LogP contribution >= 0.6 is 0 Å². The molecule has 2 aromatic carbocycles. The molecule has 0 aliphatic rings. The Kier molecular flexibility index (Phi) is 7.41. The first-order valence-electron chi connectivity index (χ1n) is 9.22.